The highest BCUT2D eigenvalue weighted by molar-refractivity contribution is 6.04. The SMILES string of the molecule is CN(C)c1ccc(C(=O)NC2CCC(=O)NC2=O)cc1N. The van der Waals surface area contributed by atoms with Gasteiger partial charge in [0, 0.05) is 26.1 Å². The smallest absolute Gasteiger partial charge is 0.252 e. The van der Waals surface area contributed by atoms with Crippen molar-refractivity contribution in [2.24, 2.45) is 0 Å². The van der Waals surface area contributed by atoms with Crippen molar-refractivity contribution in [1.29, 1.82) is 0 Å². The second kappa shape index (κ2) is 5.82. The molecule has 7 nitrogen and oxygen atoms in total. The first kappa shape index (κ1) is 14.8. The zero-order valence-electron chi connectivity index (χ0n) is 12.0. The first-order chi connectivity index (χ1) is 9.88. The quantitative estimate of drug-likeness (QED) is 0.531. The Hall–Kier alpha value is -2.57. The molecular weight excluding hydrogens is 272 g/mol. The van der Waals surface area contributed by atoms with Crippen LogP contribution in [-0.2, 0) is 9.59 Å². The lowest BCUT2D eigenvalue weighted by atomic mass is 10.1. The van der Waals surface area contributed by atoms with Crippen molar-refractivity contribution >= 4 is 29.1 Å². The number of nitrogens with zero attached hydrogens (tertiary/aromatic N) is 1. The van der Waals surface area contributed by atoms with Gasteiger partial charge in [0.15, 0.2) is 0 Å². The molecule has 1 aliphatic heterocycles. The van der Waals surface area contributed by atoms with Crippen LogP contribution in [0.25, 0.3) is 0 Å². The van der Waals surface area contributed by atoms with Gasteiger partial charge >= 0.3 is 0 Å². The number of rotatable bonds is 3. The van der Waals surface area contributed by atoms with Crippen LogP contribution >= 0.6 is 0 Å². The molecule has 1 atom stereocenters. The number of nitrogens with two attached hydrogens (primary N) is 1. The average molecular weight is 290 g/mol. The Morgan fingerprint density at radius 1 is 1.38 bits per heavy atom. The number of amides is 3. The molecule has 1 fully saturated rings. The molecule has 4 N–H and O–H groups in total. The third kappa shape index (κ3) is 3.31. The molecule has 1 aromatic carbocycles. The van der Waals surface area contributed by atoms with E-state index >= 15 is 0 Å². The number of hydrogen-bond acceptors (Lipinski definition) is 5. The van der Waals surface area contributed by atoms with Crippen LogP contribution in [0.1, 0.15) is 23.2 Å². The van der Waals surface area contributed by atoms with E-state index in [1.807, 2.05) is 19.0 Å². The van der Waals surface area contributed by atoms with E-state index in [0.29, 0.717) is 17.7 Å². The van der Waals surface area contributed by atoms with Crippen LogP contribution in [0, 0.1) is 0 Å². The lowest BCUT2D eigenvalue weighted by Gasteiger charge is -2.22. The number of nitrogen functional groups attached to an aromatic ring is 1. The molecule has 3 amide bonds. The predicted molar refractivity (Wildman–Crippen MR) is 78.8 cm³/mol. The van der Waals surface area contributed by atoms with Crippen molar-refractivity contribution in [2.75, 3.05) is 24.7 Å². The zero-order valence-corrected chi connectivity index (χ0v) is 12.0. The summed E-state index contributed by atoms with van der Waals surface area (Å²) in [6, 6.07) is 4.27. The lowest BCUT2D eigenvalue weighted by Crippen LogP contribution is -2.52. The number of hydrogen-bond donors (Lipinski definition) is 3. The Labute approximate surface area is 122 Å². The van der Waals surface area contributed by atoms with Crippen LogP contribution in [0.5, 0.6) is 0 Å². The molecule has 21 heavy (non-hydrogen) atoms. The molecular formula is C14H18N4O3. The van der Waals surface area contributed by atoms with Gasteiger partial charge in [0.25, 0.3) is 5.91 Å². The summed E-state index contributed by atoms with van der Waals surface area (Å²) in [5, 5.41) is 4.81. The average Bonchev–Trinajstić information content (AvgIpc) is 2.41. The largest absolute Gasteiger partial charge is 0.397 e. The van der Waals surface area contributed by atoms with Gasteiger partial charge in [-0.1, -0.05) is 0 Å². The Balaban J connectivity index is 2.08. The molecule has 0 aliphatic carbocycles. The van der Waals surface area contributed by atoms with Crippen LogP contribution in [-0.4, -0.2) is 37.9 Å². The Bertz CT molecular complexity index is 598. The molecule has 2 rings (SSSR count). The second-order valence-corrected chi connectivity index (χ2v) is 5.15. The van der Waals surface area contributed by atoms with Crippen molar-refractivity contribution in [2.45, 2.75) is 18.9 Å². The third-order valence-electron chi connectivity index (χ3n) is 3.32. The number of imide groups is 1. The summed E-state index contributed by atoms with van der Waals surface area (Å²) < 4.78 is 0. The van der Waals surface area contributed by atoms with E-state index in [0.717, 1.165) is 5.69 Å². The molecule has 7 heteroatoms. The minimum atomic E-state index is -0.690. The minimum Gasteiger partial charge on any atom is -0.397 e. The maximum absolute atomic E-state index is 12.1. The first-order valence-electron chi connectivity index (χ1n) is 6.60. The number of carbonyl (C=O) groups is 3. The van der Waals surface area contributed by atoms with Gasteiger partial charge in [0.2, 0.25) is 11.8 Å². The van der Waals surface area contributed by atoms with E-state index in [1.54, 1.807) is 18.2 Å². The number of anilines is 2. The van der Waals surface area contributed by atoms with E-state index in [2.05, 4.69) is 10.6 Å². The molecule has 1 unspecified atom stereocenters. The summed E-state index contributed by atoms with van der Waals surface area (Å²) >= 11 is 0. The van der Waals surface area contributed by atoms with Crippen LogP contribution in [0.3, 0.4) is 0 Å². The Morgan fingerprint density at radius 3 is 2.67 bits per heavy atom. The van der Waals surface area contributed by atoms with Gasteiger partial charge in [-0.05, 0) is 24.6 Å². The molecule has 0 saturated carbocycles. The van der Waals surface area contributed by atoms with Crippen molar-refractivity contribution in [1.82, 2.24) is 10.6 Å². The Morgan fingerprint density at radius 2 is 2.10 bits per heavy atom. The molecule has 112 valence electrons. The van der Waals surface area contributed by atoms with Crippen LogP contribution in [0.4, 0.5) is 11.4 Å². The summed E-state index contributed by atoms with van der Waals surface area (Å²) in [5.41, 5.74) is 7.57. The molecule has 0 bridgehead atoms. The van der Waals surface area contributed by atoms with Gasteiger partial charge in [-0.2, -0.15) is 0 Å². The number of carbonyl (C=O) groups excluding carboxylic acids is 3. The number of nitrogens with one attached hydrogen (secondary N) is 2. The zero-order chi connectivity index (χ0) is 15.6. The van der Waals surface area contributed by atoms with E-state index in [1.165, 1.54) is 0 Å². The molecule has 1 aromatic rings. The summed E-state index contributed by atoms with van der Waals surface area (Å²) in [4.78, 5) is 36.6. The van der Waals surface area contributed by atoms with Gasteiger partial charge in [0.1, 0.15) is 6.04 Å². The third-order valence-corrected chi connectivity index (χ3v) is 3.32. The monoisotopic (exact) mass is 290 g/mol. The second-order valence-electron chi connectivity index (χ2n) is 5.15. The van der Waals surface area contributed by atoms with Crippen molar-refractivity contribution in [3.05, 3.63) is 23.8 Å². The number of piperidine rings is 1. The van der Waals surface area contributed by atoms with E-state index in [-0.39, 0.29) is 18.2 Å². The predicted octanol–water partition coefficient (Wildman–Crippen LogP) is -0.130. The minimum absolute atomic E-state index is 0.221. The van der Waals surface area contributed by atoms with Crippen molar-refractivity contribution in [3.63, 3.8) is 0 Å². The fourth-order valence-corrected chi connectivity index (χ4v) is 2.18. The molecule has 1 heterocycles. The first-order valence-corrected chi connectivity index (χ1v) is 6.60. The fraction of sp³-hybridized carbons (Fsp3) is 0.357. The fourth-order valence-electron chi connectivity index (χ4n) is 2.18. The van der Waals surface area contributed by atoms with Gasteiger partial charge < -0.3 is 16.0 Å². The highest BCUT2D eigenvalue weighted by Crippen LogP contribution is 2.22. The summed E-state index contributed by atoms with van der Waals surface area (Å²) in [7, 11) is 3.71. The van der Waals surface area contributed by atoms with E-state index in [9.17, 15) is 14.4 Å². The molecule has 1 saturated heterocycles. The van der Waals surface area contributed by atoms with Gasteiger partial charge in [-0.25, -0.2) is 0 Å². The van der Waals surface area contributed by atoms with Crippen LogP contribution in [0.2, 0.25) is 0 Å². The highest BCUT2D eigenvalue weighted by atomic mass is 16.2. The van der Waals surface area contributed by atoms with Gasteiger partial charge in [-0.15, -0.1) is 0 Å². The normalized spacial score (nSPS) is 18.1. The van der Waals surface area contributed by atoms with Crippen LogP contribution < -0.4 is 21.3 Å². The van der Waals surface area contributed by atoms with E-state index in [4.69, 9.17) is 5.73 Å². The number of benzene rings is 1. The topological polar surface area (TPSA) is 105 Å². The standard InChI is InChI=1S/C14H18N4O3/c1-18(2)11-5-3-8(7-9(11)15)13(20)16-10-4-6-12(19)17-14(10)21/h3,5,7,10H,4,6,15H2,1-2H3,(H,16,20)(H,17,19,21). The van der Waals surface area contributed by atoms with Crippen molar-refractivity contribution < 1.29 is 14.4 Å². The van der Waals surface area contributed by atoms with E-state index < -0.39 is 11.9 Å². The summed E-state index contributed by atoms with van der Waals surface area (Å²) in [6.45, 7) is 0. The van der Waals surface area contributed by atoms with Gasteiger partial charge in [-0.3, -0.25) is 19.7 Å². The Kier molecular flexibility index (Phi) is 4.11. The maximum Gasteiger partial charge on any atom is 0.252 e. The maximum atomic E-state index is 12.1. The summed E-state index contributed by atoms with van der Waals surface area (Å²) in [6.07, 6.45) is 0.528. The highest BCUT2D eigenvalue weighted by Gasteiger charge is 2.28. The molecule has 0 radical (unpaired) electrons. The lowest BCUT2D eigenvalue weighted by molar-refractivity contribution is -0.134. The summed E-state index contributed by atoms with van der Waals surface area (Å²) in [5.74, 6) is -1.18. The van der Waals surface area contributed by atoms with Gasteiger partial charge in [0.05, 0.1) is 11.4 Å². The van der Waals surface area contributed by atoms with Crippen LogP contribution in [0.15, 0.2) is 18.2 Å². The molecule has 1 aliphatic rings. The van der Waals surface area contributed by atoms with Crippen molar-refractivity contribution in [3.8, 4) is 0 Å². The molecule has 0 spiro atoms. The molecule has 0 aromatic heterocycles.